The Hall–Kier alpha value is -0.810. The molecule has 1 unspecified atom stereocenters. The van der Waals surface area contributed by atoms with Gasteiger partial charge in [-0.3, -0.25) is 0 Å². The first-order chi connectivity index (χ1) is 4.65. The number of rotatable bonds is 2. The van der Waals surface area contributed by atoms with Crippen LogP contribution in [-0.2, 0) is 16.2 Å². The van der Waals surface area contributed by atoms with Crippen LogP contribution < -0.4 is 0 Å². The lowest BCUT2D eigenvalue weighted by molar-refractivity contribution is 0.436. The molecule has 0 bridgehead atoms. The molecule has 0 aliphatic heterocycles. The summed E-state index contributed by atoms with van der Waals surface area (Å²) < 4.78 is 24.1. The summed E-state index contributed by atoms with van der Waals surface area (Å²) in [6.07, 6.45) is 2.90. The Morgan fingerprint density at radius 2 is 2.30 bits per heavy atom. The van der Waals surface area contributed by atoms with Crippen LogP contribution in [0.2, 0.25) is 0 Å². The van der Waals surface area contributed by atoms with Crippen molar-refractivity contribution in [3.05, 3.63) is 12.7 Å². The van der Waals surface area contributed by atoms with Crippen LogP contribution in [-0.4, -0.2) is 25.9 Å². The SMILES string of the molecule is C=CCN=C=O.O=S([O-])O. The lowest BCUT2D eigenvalue weighted by atomic mass is 10.7. The van der Waals surface area contributed by atoms with Crippen LogP contribution in [0, 0.1) is 0 Å². The highest BCUT2D eigenvalue weighted by molar-refractivity contribution is 7.73. The normalized spacial score (nSPS) is 9.80. The van der Waals surface area contributed by atoms with Crippen molar-refractivity contribution in [3.8, 4) is 0 Å². The summed E-state index contributed by atoms with van der Waals surface area (Å²) in [6, 6.07) is 0. The summed E-state index contributed by atoms with van der Waals surface area (Å²) in [5.41, 5.74) is 0. The summed E-state index contributed by atoms with van der Waals surface area (Å²) in [5.74, 6) is 0. The van der Waals surface area contributed by atoms with Crippen LogP contribution in [0.4, 0.5) is 0 Å². The molecule has 0 aliphatic carbocycles. The zero-order valence-corrected chi connectivity index (χ0v) is 5.84. The molecule has 0 aromatic rings. The van der Waals surface area contributed by atoms with Gasteiger partial charge in [-0.2, -0.15) is 0 Å². The molecule has 5 nitrogen and oxygen atoms in total. The van der Waals surface area contributed by atoms with E-state index in [1.165, 1.54) is 12.2 Å². The maximum atomic E-state index is 9.22. The van der Waals surface area contributed by atoms with E-state index >= 15 is 0 Å². The van der Waals surface area contributed by atoms with Crippen LogP contribution in [0.1, 0.15) is 0 Å². The van der Waals surface area contributed by atoms with Crippen molar-refractivity contribution in [2.45, 2.75) is 0 Å². The molecule has 0 saturated carbocycles. The summed E-state index contributed by atoms with van der Waals surface area (Å²) >= 11 is -2.86. The van der Waals surface area contributed by atoms with Gasteiger partial charge in [0.25, 0.3) is 0 Å². The van der Waals surface area contributed by atoms with Gasteiger partial charge in [-0.1, -0.05) is 6.08 Å². The largest absolute Gasteiger partial charge is 0.750 e. The maximum Gasteiger partial charge on any atom is 0.235 e. The van der Waals surface area contributed by atoms with Crippen molar-refractivity contribution in [1.82, 2.24) is 0 Å². The van der Waals surface area contributed by atoms with Gasteiger partial charge in [-0.15, -0.1) is 6.58 Å². The smallest absolute Gasteiger partial charge is 0.235 e. The molecule has 0 fully saturated rings. The molecule has 0 heterocycles. The van der Waals surface area contributed by atoms with E-state index < -0.39 is 11.4 Å². The van der Waals surface area contributed by atoms with E-state index in [1.54, 1.807) is 0 Å². The Bertz CT molecular complexity index is 147. The molecular weight excluding hydrogens is 158 g/mol. The second-order valence-corrected chi connectivity index (χ2v) is 1.37. The van der Waals surface area contributed by atoms with Crippen LogP contribution in [0.25, 0.3) is 0 Å². The van der Waals surface area contributed by atoms with E-state index in [1.807, 2.05) is 0 Å². The van der Waals surface area contributed by atoms with Crippen LogP contribution in [0.15, 0.2) is 17.6 Å². The third-order valence-electron chi connectivity index (χ3n) is 0.285. The third-order valence-corrected chi connectivity index (χ3v) is 0.285. The van der Waals surface area contributed by atoms with Crippen LogP contribution >= 0.6 is 0 Å². The molecule has 0 aromatic carbocycles. The van der Waals surface area contributed by atoms with Gasteiger partial charge in [0.15, 0.2) is 0 Å². The van der Waals surface area contributed by atoms with Crippen molar-refractivity contribution >= 4 is 17.4 Å². The van der Waals surface area contributed by atoms with E-state index in [0.717, 1.165) is 0 Å². The summed E-state index contributed by atoms with van der Waals surface area (Å²) in [4.78, 5) is 12.4. The molecule has 10 heavy (non-hydrogen) atoms. The highest BCUT2D eigenvalue weighted by atomic mass is 32.2. The molecule has 58 valence electrons. The van der Waals surface area contributed by atoms with Crippen molar-refractivity contribution < 1.29 is 18.1 Å². The average Bonchev–Trinajstić information content (AvgIpc) is 1.82. The van der Waals surface area contributed by atoms with Crippen molar-refractivity contribution in [2.75, 3.05) is 6.54 Å². The van der Waals surface area contributed by atoms with Gasteiger partial charge in [-0.25, -0.2) is 14.0 Å². The Balaban J connectivity index is 0. The summed E-state index contributed by atoms with van der Waals surface area (Å²) in [6.45, 7) is 3.70. The second kappa shape index (κ2) is 11.0. The molecule has 6 heteroatoms. The van der Waals surface area contributed by atoms with Gasteiger partial charge in [0, 0.05) is 0 Å². The quantitative estimate of drug-likeness (QED) is 0.266. The Labute approximate surface area is 60.6 Å². The first-order valence-corrected chi connectivity index (χ1v) is 3.11. The zero-order chi connectivity index (χ0) is 8.41. The Kier molecular flexibility index (Phi) is 13.2. The number of aliphatic imine (C=N–C) groups is 1. The number of isocyanates is 1. The first kappa shape index (κ1) is 11.9. The Morgan fingerprint density at radius 3 is 2.40 bits per heavy atom. The molecule has 0 amide bonds. The van der Waals surface area contributed by atoms with E-state index in [4.69, 9.17) is 13.3 Å². The molecule has 0 aliphatic rings. The van der Waals surface area contributed by atoms with Gasteiger partial charge >= 0.3 is 0 Å². The predicted molar refractivity (Wildman–Crippen MR) is 34.7 cm³/mol. The van der Waals surface area contributed by atoms with E-state index in [-0.39, 0.29) is 0 Å². The van der Waals surface area contributed by atoms with Crippen molar-refractivity contribution in [2.24, 2.45) is 4.99 Å². The summed E-state index contributed by atoms with van der Waals surface area (Å²) in [5, 5.41) is 0. The molecule has 1 atom stereocenters. The van der Waals surface area contributed by atoms with E-state index in [9.17, 15) is 4.79 Å². The molecule has 0 spiro atoms. The maximum absolute atomic E-state index is 9.22. The van der Waals surface area contributed by atoms with E-state index in [0.29, 0.717) is 6.54 Å². The number of nitrogens with zero attached hydrogens (tertiary/aromatic N) is 1. The fraction of sp³-hybridized carbons (Fsp3) is 0.250. The first-order valence-electron chi connectivity index (χ1n) is 2.08. The van der Waals surface area contributed by atoms with Crippen molar-refractivity contribution in [3.63, 3.8) is 0 Å². The zero-order valence-electron chi connectivity index (χ0n) is 5.02. The minimum Gasteiger partial charge on any atom is -0.750 e. The number of hydrogen-bond acceptors (Lipinski definition) is 4. The van der Waals surface area contributed by atoms with Gasteiger partial charge in [-0.05, 0) is 0 Å². The lowest BCUT2D eigenvalue weighted by Crippen LogP contribution is -1.75. The number of hydrogen-bond donors (Lipinski definition) is 1. The van der Waals surface area contributed by atoms with Gasteiger partial charge < -0.3 is 9.11 Å². The standard InChI is InChI=1S/C4H5NO.H2O3S/c1-2-3-5-4-6;1-4(2)3/h2H,1,3H2;(H2,1,2,3)/p-1. The fourth-order valence-corrected chi connectivity index (χ4v) is 0.102. The Morgan fingerprint density at radius 1 is 1.90 bits per heavy atom. The minimum atomic E-state index is -2.86. The summed E-state index contributed by atoms with van der Waals surface area (Å²) in [7, 11) is 0. The molecule has 0 saturated heterocycles. The van der Waals surface area contributed by atoms with Crippen LogP contribution in [0.3, 0.4) is 0 Å². The molecular formula is C4H6NO4S-. The minimum absolute atomic E-state index is 0.378. The monoisotopic (exact) mass is 164 g/mol. The molecule has 0 aromatic heterocycles. The third kappa shape index (κ3) is 57.4. The predicted octanol–water partition coefficient (Wildman–Crippen LogP) is -0.153. The molecule has 0 rings (SSSR count). The van der Waals surface area contributed by atoms with Gasteiger partial charge in [0.2, 0.25) is 6.08 Å². The van der Waals surface area contributed by atoms with Crippen LogP contribution in [0.5, 0.6) is 0 Å². The van der Waals surface area contributed by atoms with Gasteiger partial charge in [0.1, 0.15) is 0 Å². The van der Waals surface area contributed by atoms with Gasteiger partial charge in [0.05, 0.1) is 17.9 Å². The second-order valence-electron chi connectivity index (χ2n) is 0.938. The molecule has 0 radical (unpaired) electrons. The van der Waals surface area contributed by atoms with Crippen molar-refractivity contribution in [1.29, 1.82) is 0 Å². The average molecular weight is 164 g/mol. The topological polar surface area (TPSA) is 89.8 Å². The van der Waals surface area contributed by atoms with E-state index in [2.05, 4.69) is 11.6 Å². The number of carbonyl (C=O) groups excluding carboxylic acids is 1. The highest BCUT2D eigenvalue weighted by Crippen LogP contribution is 1.61. The highest BCUT2D eigenvalue weighted by Gasteiger charge is 1.58. The molecule has 1 N–H and O–H groups in total. The fourth-order valence-electron chi connectivity index (χ4n) is 0.102. The lowest BCUT2D eigenvalue weighted by Gasteiger charge is -1.83.